The number of carbonyl (C=O) groups is 1. The van der Waals surface area contributed by atoms with Crippen LogP contribution in [-0.4, -0.2) is 38.4 Å². The molecule has 3 rings (SSSR count). The fraction of sp³-hybridized carbons (Fsp3) is 0.526. The van der Waals surface area contributed by atoms with Crippen LogP contribution >= 0.6 is 0 Å². The number of aryl methyl sites for hydroxylation is 2. The van der Waals surface area contributed by atoms with E-state index in [1.165, 1.54) is 5.56 Å². The van der Waals surface area contributed by atoms with Crippen LogP contribution in [0.4, 0.5) is 0 Å². The Labute approximate surface area is 149 Å². The van der Waals surface area contributed by atoms with E-state index >= 15 is 0 Å². The summed E-state index contributed by atoms with van der Waals surface area (Å²) < 4.78 is 2.03. The molecule has 6 nitrogen and oxygen atoms in total. The number of nitrogens with two attached hydrogens (primary N) is 1. The van der Waals surface area contributed by atoms with Crippen LogP contribution in [0.25, 0.3) is 0 Å². The number of likely N-dealkylation sites (tertiary alicyclic amines) is 1. The fourth-order valence-electron chi connectivity index (χ4n) is 3.82. The van der Waals surface area contributed by atoms with Gasteiger partial charge < -0.3 is 10.3 Å². The summed E-state index contributed by atoms with van der Waals surface area (Å²) >= 11 is 0. The summed E-state index contributed by atoms with van der Waals surface area (Å²) in [6, 6.07) is 4.07. The highest BCUT2D eigenvalue weighted by atomic mass is 16.1. The minimum absolute atomic E-state index is 0.160. The van der Waals surface area contributed by atoms with Crippen LogP contribution in [0, 0.1) is 5.41 Å². The van der Waals surface area contributed by atoms with Crippen molar-refractivity contribution in [2.24, 2.45) is 18.2 Å². The molecule has 1 unspecified atom stereocenters. The van der Waals surface area contributed by atoms with Gasteiger partial charge in [0.05, 0.1) is 12.0 Å². The van der Waals surface area contributed by atoms with Crippen LogP contribution in [0.5, 0.6) is 0 Å². The molecule has 0 aromatic carbocycles. The molecule has 2 aromatic heterocycles. The topological polar surface area (TPSA) is 77.0 Å². The summed E-state index contributed by atoms with van der Waals surface area (Å²) in [6.07, 6.45) is 12.0. The third-order valence-corrected chi connectivity index (χ3v) is 5.33. The number of rotatable bonds is 7. The number of pyridine rings is 1. The summed E-state index contributed by atoms with van der Waals surface area (Å²) in [5, 5.41) is 0. The van der Waals surface area contributed by atoms with Crippen molar-refractivity contribution in [1.82, 2.24) is 19.4 Å². The van der Waals surface area contributed by atoms with E-state index < -0.39 is 5.41 Å². The van der Waals surface area contributed by atoms with Gasteiger partial charge in [0.25, 0.3) is 0 Å². The number of primary amides is 1. The Kier molecular flexibility index (Phi) is 5.48. The molecule has 0 spiro atoms. The second kappa shape index (κ2) is 7.78. The number of aromatic nitrogens is 3. The molecule has 134 valence electrons. The van der Waals surface area contributed by atoms with Crippen molar-refractivity contribution in [3.05, 3.63) is 48.3 Å². The maximum atomic E-state index is 12.3. The van der Waals surface area contributed by atoms with E-state index in [0.717, 1.165) is 57.6 Å². The Balaban J connectivity index is 1.62. The first-order chi connectivity index (χ1) is 12.1. The van der Waals surface area contributed by atoms with Crippen molar-refractivity contribution in [2.45, 2.75) is 38.6 Å². The summed E-state index contributed by atoms with van der Waals surface area (Å²) in [6.45, 7) is 2.49. The zero-order chi connectivity index (χ0) is 17.7. The highest BCUT2D eigenvalue weighted by Gasteiger charge is 2.40. The van der Waals surface area contributed by atoms with Crippen LogP contribution in [0.1, 0.15) is 37.1 Å². The highest BCUT2D eigenvalue weighted by Crippen LogP contribution is 2.35. The molecular formula is C19H27N5O. The highest BCUT2D eigenvalue weighted by molar-refractivity contribution is 5.81. The average molecular weight is 341 g/mol. The van der Waals surface area contributed by atoms with Crippen molar-refractivity contribution in [3.63, 3.8) is 0 Å². The normalized spacial score (nSPS) is 21.3. The lowest BCUT2D eigenvalue weighted by Gasteiger charge is -2.40. The third-order valence-electron chi connectivity index (χ3n) is 5.33. The van der Waals surface area contributed by atoms with Crippen molar-refractivity contribution in [1.29, 1.82) is 0 Å². The van der Waals surface area contributed by atoms with Gasteiger partial charge in [-0.2, -0.15) is 0 Å². The summed E-state index contributed by atoms with van der Waals surface area (Å²) in [7, 11) is 2.00. The molecule has 1 atom stereocenters. The van der Waals surface area contributed by atoms with Gasteiger partial charge in [-0.05, 0) is 56.3 Å². The summed E-state index contributed by atoms with van der Waals surface area (Å²) in [4.78, 5) is 23.1. The number of imidazole rings is 1. The predicted molar refractivity (Wildman–Crippen MR) is 96.5 cm³/mol. The van der Waals surface area contributed by atoms with E-state index in [4.69, 9.17) is 5.73 Å². The second-order valence-corrected chi connectivity index (χ2v) is 7.12. The number of hydrogen-bond donors (Lipinski definition) is 1. The van der Waals surface area contributed by atoms with E-state index in [9.17, 15) is 4.79 Å². The molecule has 1 amide bonds. The molecular weight excluding hydrogens is 314 g/mol. The molecule has 2 N–H and O–H groups in total. The molecule has 25 heavy (non-hydrogen) atoms. The Bertz CT molecular complexity index is 699. The molecule has 1 fully saturated rings. The average Bonchev–Trinajstić information content (AvgIpc) is 3.01. The Morgan fingerprint density at radius 2 is 2.12 bits per heavy atom. The molecule has 0 radical (unpaired) electrons. The number of nitrogens with zero attached hydrogens (tertiary/aromatic N) is 4. The minimum atomic E-state index is -0.420. The van der Waals surface area contributed by atoms with Gasteiger partial charge in [-0.25, -0.2) is 4.98 Å². The second-order valence-electron chi connectivity index (χ2n) is 7.12. The van der Waals surface area contributed by atoms with Gasteiger partial charge in [0.2, 0.25) is 5.91 Å². The molecule has 2 aromatic rings. The maximum absolute atomic E-state index is 12.3. The van der Waals surface area contributed by atoms with E-state index in [1.54, 1.807) is 0 Å². The Morgan fingerprint density at radius 1 is 1.32 bits per heavy atom. The first kappa shape index (κ1) is 17.6. The first-order valence-electron chi connectivity index (χ1n) is 8.96. The van der Waals surface area contributed by atoms with Gasteiger partial charge in [0.15, 0.2) is 0 Å². The van der Waals surface area contributed by atoms with Gasteiger partial charge in [-0.1, -0.05) is 0 Å². The molecule has 3 heterocycles. The number of amides is 1. The van der Waals surface area contributed by atoms with E-state index in [-0.39, 0.29) is 5.91 Å². The number of carbonyl (C=O) groups excluding carboxylic acids is 1. The number of hydrogen-bond acceptors (Lipinski definition) is 4. The molecule has 0 saturated carbocycles. The molecule has 1 saturated heterocycles. The molecule has 0 bridgehead atoms. The molecule has 1 aliphatic rings. The van der Waals surface area contributed by atoms with Crippen LogP contribution in [0.2, 0.25) is 0 Å². The van der Waals surface area contributed by atoms with Gasteiger partial charge in [0, 0.05) is 38.4 Å². The lowest BCUT2D eigenvalue weighted by atomic mass is 9.75. The lowest BCUT2D eigenvalue weighted by Crippen LogP contribution is -2.50. The van der Waals surface area contributed by atoms with Crippen molar-refractivity contribution in [3.8, 4) is 0 Å². The third kappa shape index (κ3) is 4.25. The van der Waals surface area contributed by atoms with Crippen molar-refractivity contribution in [2.75, 3.05) is 13.1 Å². The quantitative estimate of drug-likeness (QED) is 0.834. The van der Waals surface area contributed by atoms with E-state index in [2.05, 4.69) is 14.9 Å². The standard InChI is InChI=1S/C19H27N5O/c1-23-13-11-22-17(23)14-24-12-3-8-19(15-24,18(20)25)7-2-4-16-5-9-21-10-6-16/h5-6,9-11,13H,2-4,7-8,12,14-15H2,1H3,(H2,20,25). The van der Waals surface area contributed by atoms with Crippen molar-refractivity contribution < 1.29 is 4.79 Å². The van der Waals surface area contributed by atoms with Crippen LogP contribution < -0.4 is 5.73 Å². The van der Waals surface area contributed by atoms with Crippen LogP contribution in [0.15, 0.2) is 36.9 Å². The van der Waals surface area contributed by atoms with Crippen LogP contribution in [-0.2, 0) is 24.8 Å². The van der Waals surface area contributed by atoms with Crippen LogP contribution in [0.3, 0.4) is 0 Å². The number of piperidine rings is 1. The lowest BCUT2D eigenvalue weighted by molar-refractivity contribution is -0.131. The zero-order valence-electron chi connectivity index (χ0n) is 14.9. The largest absolute Gasteiger partial charge is 0.369 e. The molecule has 6 heteroatoms. The van der Waals surface area contributed by atoms with Gasteiger partial charge in [-0.3, -0.25) is 14.7 Å². The van der Waals surface area contributed by atoms with E-state index in [0.29, 0.717) is 0 Å². The Hall–Kier alpha value is -2.21. The maximum Gasteiger partial charge on any atom is 0.224 e. The van der Waals surface area contributed by atoms with Crippen molar-refractivity contribution >= 4 is 5.91 Å². The van der Waals surface area contributed by atoms with Gasteiger partial charge >= 0.3 is 0 Å². The predicted octanol–water partition coefficient (Wildman–Crippen LogP) is 1.91. The fourth-order valence-corrected chi connectivity index (χ4v) is 3.82. The Morgan fingerprint density at radius 3 is 2.80 bits per heavy atom. The van der Waals surface area contributed by atoms with Gasteiger partial charge in [0.1, 0.15) is 5.82 Å². The minimum Gasteiger partial charge on any atom is -0.369 e. The first-order valence-corrected chi connectivity index (χ1v) is 8.96. The summed E-state index contributed by atoms with van der Waals surface area (Å²) in [5.74, 6) is 0.865. The smallest absolute Gasteiger partial charge is 0.224 e. The SMILES string of the molecule is Cn1ccnc1CN1CCCC(CCCc2ccncc2)(C(N)=O)C1. The monoisotopic (exact) mass is 341 g/mol. The molecule has 0 aliphatic carbocycles. The zero-order valence-corrected chi connectivity index (χ0v) is 14.9. The van der Waals surface area contributed by atoms with Gasteiger partial charge in [-0.15, -0.1) is 0 Å². The molecule has 1 aliphatic heterocycles. The summed E-state index contributed by atoms with van der Waals surface area (Å²) in [5.41, 5.74) is 6.69. The van der Waals surface area contributed by atoms with E-state index in [1.807, 2.05) is 48.5 Å².